The zero-order valence-corrected chi connectivity index (χ0v) is 22.8. The first-order valence-electron chi connectivity index (χ1n) is 9.29. The summed E-state index contributed by atoms with van der Waals surface area (Å²) in [6.45, 7) is 7.03. The molecule has 0 saturated carbocycles. The van der Waals surface area contributed by atoms with Crippen molar-refractivity contribution in [2.45, 2.75) is 38.2 Å². The second-order valence-corrected chi connectivity index (χ2v) is 10.1. The third-order valence-electron chi connectivity index (χ3n) is 3.78. The number of benzene rings is 1. The van der Waals surface area contributed by atoms with Gasteiger partial charge in [-0.3, -0.25) is 0 Å². The summed E-state index contributed by atoms with van der Waals surface area (Å²) >= 11 is 0. The summed E-state index contributed by atoms with van der Waals surface area (Å²) in [4.78, 5) is 20.4. The summed E-state index contributed by atoms with van der Waals surface area (Å²) in [5.41, 5.74) is 1.41. The molecule has 1 amide bonds. The van der Waals surface area contributed by atoms with Crippen molar-refractivity contribution < 1.29 is 61.6 Å². The first-order chi connectivity index (χ1) is 14.8. The molecular formula is C19H27N4NaO7S2. The second kappa shape index (κ2) is 13.8. The second-order valence-electron chi connectivity index (χ2n) is 7.37. The van der Waals surface area contributed by atoms with E-state index in [-0.39, 0.29) is 36.1 Å². The molecule has 1 aromatic carbocycles. The molecule has 178 valence electrons. The van der Waals surface area contributed by atoms with E-state index >= 15 is 0 Å². The zero-order chi connectivity index (χ0) is 24.5. The van der Waals surface area contributed by atoms with Gasteiger partial charge < -0.3 is 20.0 Å². The Kier molecular flexibility index (Phi) is 13.1. The van der Waals surface area contributed by atoms with Gasteiger partial charge in [-0.1, -0.05) is 12.1 Å². The molecule has 0 spiro atoms. The van der Waals surface area contributed by atoms with Crippen LogP contribution in [0.3, 0.4) is 0 Å². The van der Waals surface area contributed by atoms with E-state index in [1.807, 2.05) is 0 Å². The number of hydrogen-bond donors (Lipinski definition) is 3. The Hall–Kier alpha value is -1.74. The molecule has 14 heteroatoms. The normalized spacial score (nSPS) is 11.9. The van der Waals surface area contributed by atoms with E-state index in [2.05, 4.69) is 10.0 Å². The van der Waals surface area contributed by atoms with Crippen LogP contribution in [0.4, 0.5) is 4.79 Å². The molecule has 0 aliphatic heterocycles. The number of alkyl carbamates (subject to hydrolysis) is 1. The Balaban J connectivity index is 0.00000242. The Labute approximate surface area is 218 Å². The van der Waals surface area contributed by atoms with Gasteiger partial charge in [0.15, 0.2) is 0 Å². The van der Waals surface area contributed by atoms with Crippen LogP contribution in [0.2, 0.25) is 0 Å². The van der Waals surface area contributed by atoms with Crippen molar-refractivity contribution >= 4 is 33.8 Å². The third kappa shape index (κ3) is 10.8. The van der Waals surface area contributed by atoms with Crippen LogP contribution < -0.4 is 49.8 Å². The molecule has 1 atom stereocenters. The van der Waals surface area contributed by atoms with Gasteiger partial charge in [0.2, 0.25) is 0 Å². The van der Waals surface area contributed by atoms with Crippen LogP contribution in [-0.2, 0) is 30.7 Å². The minimum absolute atomic E-state index is 0. The van der Waals surface area contributed by atoms with Crippen LogP contribution in [0.5, 0.6) is 0 Å². The molecule has 0 bridgehead atoms. The molecule has 0 aliphatic rings. The molecular weight excluding hydrogens is 483 g/mol. The number of rotatable bonds is 7. The van der Waals surface area contributed by atoms with Crippen LogP contribution in [-0.4, -0.2) is 47.9 Å². The summed E-state index contributed by atoms with van der Waals surface area (Å²) in [6.07, 6.45) is 0.863. The zero-order valence-electron chi connectivity index (χ0n) is 19.2. The van der Waals surface area contributed by atoms with E-state index in [0.29, 0.717) is 22.7 Å². The molecule has 1 aromatic heterocycles. The van der Waals surface area contributed by atoms with Crippen molar-refractivity contribution in [2.24, 2.45) is 5.14 Å². The maximum atomic E-state index is 12.3. The Morgan fingerprint density at radius 2 is 1.76 bits per heavy atom. The van der Waals surface area contributed by atoms with Gasteiger partial charge in [0, 0.05) is 37.0 Å². The number of nitrogens with two attached hydrogens (primary N) is 1. The summed E-state index contributed by atoms with van der Waals surface area (Å²) < 4.78 is 44.3. The number of nitrogens with one attached hydrogen (secondary N) is 2. The summed E-state index contributed by atoms with van der Waals surface area (Å²) in [7, 11) is -5.31. The van der Waals surface area contributed by atoms with Gasteiger partial charge in [-0.25, -0.2) is 22.8 Å². The fraction of sp³-hybridized carbons (Fsp3) is 0.368. The first kappa shape index (κ1) is 31.3. The molecule has 2 rings (SSSR count). The van der Waals surface area contributed by atoms with Crippen LogP contribution in [0, 0.1) is 6.92 Å². The number of carbonyl (C=O) groups excluding carboxylic acids is 2. The molecule has 0 radical (unpaired) electrons. The molecule has 33 heavy (non-hydrogen) atoms. The third-order valence-corrected chi connectivity index (χ3v) is 5.89. The molecule has 1 heterocycles. The smallest absolute Gasteiger partial charge is 0.554 e. The first-order valence-corrected chi connectivity index (χ1v) is 11.9. The van der Waals surface area contributed by atoms with Crippen LogP contribution in [0.25, 0.3) is 11.1 Å². The van der Waals surface area contributed by atoms with Crippen LogP contribution >= 0.6 is 0 Å². The molecule has 0 aliphatic carbocycles. The van der Waals surface area contributed by atoms with Gasteiger partial charge in [0.05, 0.1) is 4.90 Å². The standard InChI is InChI=1S/C18H26N4O5S2.CH2O2.Na/c1-13-16(9-12-22(13)29(19,25)26)14-5-7-15(8-6-14)28(24)21-11-10-20-17(23)27-18(2,3)4;2-1-3;/h5-9,12,21H,10-11H2,1-4H3,(H,20,23)(H2,19,25,26);1H,(H,2,3);/q;;+1/p-1. The number of aromatic nitrogens is 1. The minimum Gasteiger partial charge on any atom is -0.554 e. The predicted octanol–water partition coefficient (Wildman–Crippen LogP) is -2.98. The monoisotopic (exact) mass is 510 g/mol. The summed E-state index contributed by atoms with van der Waals surface area (Å²) in [5, 5.41) is 16.0. The van der Waals surface area contributed by atoms with Gasteiger partial charge in [-0.05, 0) is 51.5 Å². The minimum atomic E-state index is -3.85. The van der Waals surface area contributed by atoms with Gasteiger partial charge in [-0.15, -0.1) is 0 Å². The summed E-state index contributed by atoms with van der Waals surface area (Å²) in [5.74, 6) is 0. The molecule has 11 nitrogen and oxygen atoms in total. The fourth-order valence-electron chi connectivity index (χ4n) is 2.54. The van der Waals surface area contributed by atoms with Crippen molar-refractivity contribution in [1.82, 2.24) is 14.0 Å². The molecule has 1 unspecified atom stereocenters. The van der Waals surface area contributed by atoms with Gasteiger partial charge in [0.1, 0.15) is 16.6 Å². The van der Waals surface area contributed by atoms with Gasteiger partial charge >= 0.3 is 45.9 Å². The number of hydrogen-bond acceptors (Lipinski definition) is 7. The van der Waals surface area contributed by atoms with Crippen LogP contribution in [0.15, 0.2) is 41.4 Å². The van der Waals surface area contributed by atoms with Crippen molar-refractivity contribution in [3.63, 3.8) is 0 Å². The number of carbonyl (C=O) groups is 2. The van der Waals surface area contributed by atoms with Crippen molar-refractivity contribution in [2.75, 3.05) is 13.1 Å². The number of carboxylic acid groups (broad SMARTS) is 1. The largest absolute Gasteiger partial charge is 1.00 e. The quantitative estimate of drug-likeness (QED) is 0.202. The maximum absolute atomic E-state index is 12.3. The Morgan fingerprint density at radius 1 is 1.21 bits per heavy atom. The number of amides is 1. The van der Waals surface area contributed by atoms with Gasteiger partial charge in [0.25, 0.3) is 0 Å². The molecule has 2 aromatic rings. The van der Waals surface area contributed by atoms with Crippen LogP contribution in [0.1, 0.15) is 26.5 Å². The van der Waals surface area contributed by atoms with E-state index < -0.39 is 39.4 Å². The number of nitrogens with zero attached hydrogens (tertiary/aromatic N) is 1. The van der Waals surface area contributed by atoms with E-state index in [0.717, 1.165) is 9.54 Å². The summed E-state index contributed by atoms with van der Waals surface area (Å²) in [6, 6.07) is 8.54. The number of ether oxygens (including phenoxy) is 1. The van der Waals surface area contributed by atoms with E-state index in [9.17, 15) is 17.4 Å². The fourth-order valence-corrected chi connectivity index (χ4v) is 4.09. The average molecular weight is 511 g/mol. The van der Waals surface area contributed by atoms with Gasteiger partial charge in [-0.2, -0.15) is 8.42 Å². The van der Waals surface area contributed by atoms with Crippen molar-refractivity contribution in [3.05, 3.63) is 42.2 Å². The average Bonchev–Trinajstić information content (AvgIpc) is 3.06. The van der Waals surface area contributed by atoms with E-state index in [1.165, 1.54) is 6.20 Å². The SMILES string of the molecule is Cc1c(-c2ccc(S(=O)NCCNC(=O)OC(C)(C)C)cc2)ccn1S(N)(=O)=O.O=C[O-].[Na+]. The molecule has 0 fully saturated rings. The van der Waals surface area contributed by atoms with Crippen molar-refractivity contribution in [1.29, 1.82) is 0 Å². The Bertz CT molecular complexity index is 1050. The maximum Gasteiger partial charge on any atom is 1.00 e. The van der Waals surface area contributed by atoms with E-state index in [1.54, 1.807) is 58.0 Å². The predicted molar refractivity (Wildman–Crippen MR) is 118 cm³/mol. The Morgan fingerprint density at radius 3 is 2.21 bits per heavy atom. The molecule has 0 saturated heterocycles. The topological polar surface area (TPSA) is 173 Å². The van der Waals surface area contributed by atoms with E-state index in [4.69, 9.17) is 19.8 Å². The van der Waals surface area contributed by atoms with Crippen molar-refractivity contribution in [3.8, 4) is 11.1 Å². The molecule has 4 N–H and O–H groups in total.